The van der Waals surface area contributed by atoms with Crippen molar-refractivity contribution in [2.75, 3.05) is 0 Å². The maximum absolute atomic E-state index is 12.5. The molecule has 2 N–H and O–H groups in total. The molecule has 1 aromatic rings. The van der Waals surface area contributed by atoms with Crippen LogP contribution in [0.4, 0.5) is 0 Å². The van der Waals surface area contributed by atoms with Crippen molar-refractivity contribution in [1.82, 2.24) is 0 Å². The monoisotopic (exact) mass is 290 g/mol. The van der Waals surface area contributed by atoms with E-state index in [9.17, 15) is 14.4 Å². The summed E-state index contributed by atoms with van der Waals surface area (Å²) in [5, 5.41) is 17.6. The second-order valence-electron chi connectivity index (χ2n) is 5.53. The summed E-state index contributed by atoms with van der Waals surface area (Å²) in [7, 11) is 0. The molecule has 0 bridgehead atoms. The zero-order valence-corrected chi connectivity index (χ0v) is 11.6. The first-order valence-corrected chi connectivity index (χ1v) is 7.04. The molecule has 1 aliphatic carbocycles. The highest BCUT2D eigenvalue weighted by atomic mass is 16.4. The average molecular weight is 290 g/mol. The number of Topliss-reactive ketones (excluding diaryl/α,β-unsaturated/α-hetero) is 1. The Labute approximate surface area is 122 Å². The van der Waals surface area contributed by atoms with E-state index in [4.69, 9.17) is 10.2 Å². The van der Waals surface area contributed by atoms with E-state index >= 15 is 0 Å². The number of benzene rings is 1. The highest BCUT2D eigenvalue weighted by molar-refractivity contribution is 5.98. The summed E-state index contributed by atoms with van der Waals surface area (Å²) < 4.78 is 0. The SMILES string of the molecule is O=C(O)Cc1ccc(C(=O)[C@@H]2CCC[C@H]2CC(=O)O)cc1. The van der Waals surface area contributed by atoms with Gasteiger partial charge in [-0.2, -0.15) is 0 Å². The van der Waals surface area contributed by atoms with Crippen LogP contribution in [0.25, 0.3) is 0 Å². The fourth-order valence-electron chi connectivity index (χ4n) is 3.03. The number of carbonyl (C=O) groups is 3. The molecule has 1 aliphatic rings. The van der Waals surface area contributed by atoms with Crippen molar-refractivity contribution in [3.8, 4) is 0 Å². The van der Waals surface area contributed by atoms with Crippen LogP contribution in [-0.4, -0.2) is 27.9 Å². The predicted octanol–water partition coefficient (Wildman–Crippen LogP) is 2.39. The van der Waals surface area contributed by atoms with E-state index in [2.05, 4.69) is 0 Å². The normalized spacial score (nSPS) is 21.1. The third-order valence-corrected chi connectivity index (χ3v) is 4.03. The van der Waals surface area contributed by atoms with Gasteiger partial charge in [0, 0.05) is 17.9 Å². The summed E-state index contributed by atoms with van der Waals surface area (Å²) in [5.74, 6) is -2.12. The van der Waals surface area contributed by atoms with Gasteiger partial charge < -0.3 is 10.2 Å². The highest BCUT2D eigenvalue weighted by Crippen LogP contribution is 2.36. The number of hydrogen-bond donors (Lipinski definition) is 2. The van der Waals surface area contributed by atoms with Crippen molar-refractivity contribution in [2.45, 2.75) is 32.1 Å². The molecule has 5 heteroatoms. The molecule has 1 fully saturated rings. The molecule has 1 saturated carbocycles. The second-order valence-corrected chi connectivity index (χ2v) is 5.53. The van der Waals surface area contributed by atoms with E-state index in [1.807, 2.05) is 0 Å². The Morgan fingerprint density at radius 2 is 1.67 bits per heavy atom. The Kier molecular flexibility index (Phi) is 4.73. The van der Waals surface area contributed by atoms with Crippen molar-refractivity contribution in [1.29, 1.82) is 0 Å². The Morgan fingerprint density at radius 3 is 2.24 bits per heavy atom. The smallest absolute Gasteiger partial charge is 0.307 e. The maximum Gasteiger partial charge on any atom is 0.307 e. The first-order chi connectivity index (χ1) is 9.97. The summed E-state index contributed by atoms with van der Waals surface area (Å²) in [6.45, 7) is 0. The van der Waals surface area contributed by atoms with Crippen LogP contribution in [0.5, 0.6) is 0 Å². The molecule has 0 spiro atoms. The molecule has 2 atom stereocenters. The largest absolute Gasteiger partial charge is 0.481 e. The molecule has 0 aliphatic heterocycles. The zero-order chi connectivity index (χ0) is 15.4. The van der Waals surface area contributed by atoms with Crippen LogP contribution >= 0.6 is 0 Å². The quantitative estimate of drug-likeness (QED) is 0.785. The lowest BCUT2D eigenvalue weighted by molar-refractivity contribution is -0.138. The van der Waals surface area contributed by atoms with Gasteiger partial charge in [0.2, 0.25) is 0 Å². The second kappa shape index (κ2) is 6.52. The van der Waals surface area contributed by atoms with Crippen LogP contribution < -0.4 is 0 Å². The summed E-state index contributed by atoms with van der Waals surface area (Å²) >= 11 is 0. The van der Waals surface area contributed by atoms with Gasteiger partial charge in [-0.05, 0) is 24.3 Å². The molecule has 5 nitrogen and oxygen atoms in total. The van der Waals surface area contributed by atoms with Gasteiger partial charge in [0.25, 0.3) is 0 Å². The van der Waals surface area contributed by atoms with Crippen LogP contribution in [0.2, 0.25) is 0 Å². The lowest BCUT2D eigenvalue weighted by Gasteiger charge is -2.16. The summed E-state index contributed by atoms with van der Waals surface area (Å²) in [6.07, 6.45) is 2.35. The Hall–Kier alpha value is -2.17. The average Bonchev–Trinajstić information content (AvgIpc) is 2.85. The third kappa shape index (κ3) is 3.90. The van der Waals surface area contributed by atoms with E-state index in [1.54, 1.807) is 24.3 Å². The zero-order valence-electron chi connectivity index (χ0n) is 11.6. The Morgan fingerprint density at radius 1 is 1.00 bits per heavy atom. The minimum absolute atomic E-state index is 0.0272. The first-order valence-electron chi connectivity index (χ1n) is 7.04. The number of carboxylic acid groups (broad SMARTS) is 2. The van der Waals surface area contributed by atoms with Crippen LogP contribution in [0.15, 0.2) is 24.3 Å². The van der Waals surface area contributed by atoms with E-state index < -0.39 is 11.9 Å². The van der Waals surface area contributed by atoms with Gasteiger partial charge in [-0.25, -0.2) is 0 Å². The molecule has 2 rings (SSSR count). The number of carboxylic acids is 2. The van der Waals surface area contributed by atoms with E-state index in [0.717, 1.165) is 19.3 Å². The fraction of sp³-hybridized carbons (Fsp3) is 0.438. The summed E-state index contributed by atoms with van der Waals surface area (Å²) in [5.41, 5.74) is 1.18. The van der Waals surface area contributed by atoms with Crippen LogP contribution in [-0.2, 0) is 16.0 Å². The van der Waals surface area contributed by atoms with Gasteiger partial charge in [-0.1, -0.05) is 30.7 Å². The number of ketones is 1. The molecular weight excluding hydrogens is 272 g/mol. The highest BCUT2D eigenvalue weighted by Gasteiger charge is 2.34. The van der Waals surface area contributed by atoms with Crippen molar-refractivity contribution >= 4 is 17.7 Å². The minimum atomic E-state index is -0.911. The van der Waals surface area contributed by atoms with Gasteiger partial charge in [-0.3, -0.25) is 14.4 Å². The maximum atomic E-state index is 12.5. The van der Waals surface area contributed by atoms with Crippen molar-refractivity contribution in [3.05, 3.63) is 35.4 Å². The van der Waals surface area contributed by atoms with Gasteiger partial charge in [0.15, 0.2) is 5.78 Å². The minimum Gasteiger partial charge on any atom is -0.481 e. The van der Waals surface area contributed by atoms with E-state index in [0.29, 0.717) is 11.1 Å². The molecule has 112 valence electrons. The van der Waals surface area contributed by atoms with E-state index in [-0.39, 0.29) is 30.5 Å². The van der Waals surface area contributed by atoms with Gasteiger partial charge in [0.05, 0.1) is 6.42 Å². The summed E-state index contributed by atoms with van der Waals surface area (Å²) in [4.78, 5) is 33.9. The molecule has 0 aromatic heterocycles. The molecule has 21 heavy (non-hydrogen) atoms. The van der Waals surface area contributed by atoms with Crippen molar-refractivity contribution < 1.29 is 24.6 Å². The van der Waals surface area contributed by atoms with Gasteiger partial charge >= 0.3 is 11.9 Å². The Balaban J connectivity index is 2.08. The van der Waals surface area contributed by atoms with Crippen LogP contribution in [0.3, 0.4) is 0 Å². The lowest BCUT2D eigenvalue weighted by atomic mass is 9.86. The predicted molar refractivity (Wildman–Crippen MR) is 75.2 cm³/mol. The Bertz CT molecular complexity index is 546. The molecule has 0 heterocycles. The van der Waals surface area contributed by atoms with Crippen LogP contribution in [0.1, 0.15) is 41.6 Å². The number of aliphatic carboxylic acids is 2. The topological polar surface area (TPSA) is 91.7 Å². The third-order valence-electron chi connectivity index (χ3n) is 4.03. The van der Waals surface area contributed by atoms with Gasteiger partial charge in [0.1, 0.15) is 0 Å². The number of hydrogen-bond acceptors (Lipinski definition) is 3. The van der Waals surface area contributed by atoms with Gasteiger partial charge in [-0.15, -0.1) is 0 Å². The molecule has 0 amide bonds. The molecular formula is C16H18O5. The first kappa shape index (κ1) is 15.2. The molecule has 1 aromatic carbocycles. The summed E-state index contributed by atoms with van der Waals surface area (Å²) in [6, 6.07) is 6.55. The number of rotatable bonds is 6. The van der Waals surface area contributed by atoms with Crippen molar-refractivity contribution in [2.24, 2.45) is 11.8 Å². The fourth-order valence-corrected chi connectivity index (χ4v) is 3.03. The van der Waals surface area contributed by atoms with E-state index in [1.165, 1.54) is 0 Å². The molecule has 0 radical (unpaired) electrons. The molecule has 0 unspecified atom stereocenters. The lowest BCUT2D eigenvalue weighted by Crippen LogP contribution is -2.21. The van der Waals surface area contributed by atoms with Crippen LogP contribution in [0, 0.1) is 11.8 Å². The standard InChI is InChI=1S/C16H18O5/c17-14(18)8-10-4-6-11(7-5-10)16(21)13-3-1-2-12(13)9-15(19)20/h4-7,12-13H,1-3,8-9H2,(H,17,18)(H,19,20)/t12-,13+/m0/s1. The van der Waals surface area contributed by atoms with Crippen molar-refractivity contribution in [3.63, 3.8) is 0 Å². The molecule has 0 saturated heterocycles. The number of carbonyl (C=O) groups excluding carboxylic acids is 1.